The van der Waals surface area contributed by atoms with Crippen LogP contribution in [0.1, 0.15) is 25.3 Å². The standard InChI is InChI=1S/C18H22F2N4O/c1-13-5-7-23(8-6-13)14(2)18(25,10-24-12-21-11-22-24)16-4-3-15(19)9-17(16)20/h3-4,9,11-12,14,25H,1,5-8,10H2,2H3/t14-,18?/m1/s1. The Morgan fingerprint density at radius 2 is 2.04 bits per heavy atom. The van der Waals surface area contributed by atoms with Crippen LogP contribution in [0.25, 0.3) is 0 Å². The minimum absolute atomic E-state index is 0.0220. The highest BCUT2D eigenvalue weighted by Gasteiger charge is 2.42. The number of halogens is 2. The highest BCUT2D eigenvalue weighted by Crippen LogP contribution is 2.34. The molecule has 1 unspecified atom stereocenters. The molecule has 0 saturated carbocycles. The van der Waals surface area contributed by atoms with E-state index in [0.717, 1.165) is 38.1 Å². The molecule has 2 aromatic rings. The summed E-state index contributed by atoms with van der Waals surface area (Å²) in [4.78, 5) is 5.99. The van der Waals surface area contributed by atoms with Crippen LogP contribution >= 0.6 is 0 Å². The van der Waals surface area contributed by atoms with Gasteiger partial charge in [-0.25, -0.2) is 18.4 Å². The lowest BCUT2D eigenvalue weighted by atomic mass is 9.84. The smallest absolute Gasteiger partial charge is 0.137 e. The van der Waals surface area contributed by atoms with Crippen LogP contribution in [-0.2, 0) is 12.1 Å². The second kappa shape index (κ2) is 7.01. The Morgan fingerprint density at radius 3 is 2.64 bits per heavy atom. The summed E-state index contributed by atoms with van der Waals surface area (Å²) >= 11 is 0. The van der Waals surface area contributed by atoms with Crippen molar-refractivity contribution >= 4 is 0 Å². The average Bonchev–Trinajstić information content (AvgIpc) is 3.07. The fraction of sp³-hybridized carbons (Fsp3) is 0.444. The highest BCUT2D eigenvalue weighted by atomic mass is 19.1. The molecule has 3 rings (SSSR count). The van der Waals surface area contributed by atoms with Crippen LogP contribution in [-0.4, -0.2) is 43.9 Å². The molecular formula is C18H22F2N4O. The van der Waals surface area contributed by atoms with Gasteiger partial charge in [-0.05, 0) is 25.8 Å². The quantitative estimate of drug-likeness (QED) is 0.844. The third-order valence-corrected chi connectivity index (χ3v) is 5.01. The van der Waals surface area contributed by atoms with Gasteiger partial charge in [-0.2, -0.15) is 5.10 Å². The van der Waals surface area contributed by atoms with Crippen LogP contribution in [0.15, 0.2) is 43.0 Å². The number of piperidine rings is 1. The molecule has 1 aromatic carbocycles. The fourth-order valence-corrected chi connectivity index (χ4v) is 3.37. The van der Waals surface area contributed by atoms with E-state index in [2.05, 4.69) is 21.6 Å². The maximum atomic E-state index is 14.5. The second-order valence-electron chi connectivity index (χ2n) is 6.60. The van der Waals surface area contributed by atoms with E-state index in [9.17, 15) is 13.9 Å². The van der Waals surface area contributed by atoms with Crippen LogP contribution in [0.5, 0.6) is 0 Å². The number of aliphatic hydroxyl groups is 1. The van der Waals surface area contributed by atoms with E-state index in [-0.39, 0.29) is 12.1 Å². The molecule has 0 bridgehead atoms. The van der Waals surface area contributed by atoms with Crippen molar-refractivity contribution in [3.63, 3.8) is 0 Å². The first-order chi connectivity index (χ1) is 11.9. The Kier molecular flexibility index (Phi) is 4.96. The maximum Gasteiger partial charge on any atom is 0.137 e. The molecule has 1 fully saturated rings. The zero-order chi connectivity index (χ0) is 18.0. The van der Waals surface area contributed by atoms with Gasteiger partial charge in [0, 0.05) is 30.8 Å². The highest BCUT2D eigenvalue weighted by molar-refractivity contribution is 5.27. The van der Waals surface area contributed by atoms with Crippen molar-refractivity contribution in [1.29, 1.82) is 0 Å². The average molecular weight is 348 g/mol. The van der Waals surface area contributed by atoms with E-state index in [1.165, 1.54) is 29.0 Å². The Hall–Kier alpha value is -2.12. The molecule has 5 nitrogen and oxygen atoms in total. The Balaban J connectivity index is 1.97. The van der Waals surface area contributed by atoms with Crippen LogP contribution in [0.2, 0.25) is 0 Å². The second-order valence-corrected chi connectivity index (χ2v) is 6.60. The molecule has 1 aliphatic heterocycles. The first-order valence-electron chi connectivity index (χ1n) is 8.31. The molecule has 2 atom stereocenters. The maximum absolute atomic E-state index is 14.5. The molecule has 0 aliphatic carbocycles. The van der Waals surface area contributed by atoms with Gasteiger partial charge < -0.3 is 5.11 Å². The van der Waals surface area contributed by atoms with Gasteiger partial charge in [0.25, 0.3) is 0 Å². The Bertz CT molecular complexity index is 740. The van der Waals surface area contributed by atoms with Gasteiger partial charge in [0.15, 0.2) is 0 Å². The number of nitrogens with zero attached hydrogens (tertiary/aromatic N) is 4. The largest absolute Gasteiger partial charge is 0.381 e. The van der Waals surface area contributed by atoms with Crippen LogP contribution in [0, 0.1) is 11.6 Å². The lowest BCUT2D eigenvalue weighted by molar-refractivity contribution is -0.0657. The number of aromatic nitrogens is 3. The van der Waals surface area contributed by atoms with Gasteiger partial charge in [-0.1, -0.05) is 18.2 Å². The van der Waals surface area contributed by atoms with Crippen molar-refractivity contribution in [2.45, 2.75) is 38.0 Å². The van der Waals surface area contributed by atoms with Crippen LogP contribution < -0.4 is 0 Å². The van der Waals surface area contributed by atoms with Crippen molar-refractivity contribution in [3.8, 4) is 0 Å². The molecule has 1 saturated heterocycles. The first kappa shape index (κ1) is 17.7. The molecule has 2 heterocycles. The van der Waals surface area contributed by atoms with Crippen molar-refractivity contribution in [1.82, 2.24) is 19.7 Å². The molecule has 25 heavy (non-hydrogen) atoms. The molecule has 7 heteroatoms. The van der Waals surface area contributed by atoms with Gasteiger partial charge >= 0.3 is 0 Å². The van der Waals surface area contributed by atoms with Gasteiger partial charge in [0.05, 0.1) is 6.54 Å². The molecule has 134 valence electrons. The lowest BCUT2D eigenvalue weighted by Gasteiger charge is -2.43. The SMILES string of the molecule is C=C1CCN([C@H](C)C(O)(Cn2cncn2)c2ccc(F)cc2F)CC1. The fourth-order valence-electron chi connectivity index (χ4n) is 3.37. The molecule has 1 aromatic heterocycles. The van der Waals surface area contributed by atoms with E-state index < -0.39 is 23.3 Å². The Labute approximate surface area is 145 Å². The summed E-state index contributed by atoms with van der Waals surface area (Å²) in [5.41, 5.74) is -0.345. The third-order valence-electron chi connectivity index (χ3n) is 5.01. The van der Waals surface area contributed by atoms with E-state index in [1.807, 2.05) is 6.92 Å². The van der Waals surface area contributed by atoms with Crippen molar-refractivity contribution < 1.29 is 13.9 Å². The van der Waals surface area contributed by atoms with E-state index >= 15 is 0 Å². The third kappa shape index (κ3) is 3.62. The minimum atomic E-state index is -1.58. The van der Waals surface area contributed by atoms with Crippen molar-refractivity contribution in [3.05, 3.63) is 60.2 Å². The summed E-state index contributed by atoms with van der Waals surface area (Å²) in [6, 6.07) is 2.87. The normalized spacial score (nSPS) is 19.6. The van der Waals surface area contributed by atoms with E-state index in [1.54, 1.807) is 0 Å². The Morgan fingerprint density at radius 1 is 1.32 bits per heavy atom. The van der Waals surface area contributed by atoms with Crippen molar-refractivity contribution in [2.75, 3.05) is 13.1 Å². The molecule has 1 N–H and O–H groups in total. The summed E-state index contributed by atoms with van der Waals surface area (Å²) in [7, 11) is 0. The van der Waals surface area contributed by atoms with Gasteiger partial charge in [0.1, 0.15) is 29.9 Å². The summed E-state index contributed by atoms with van der Waals surface area (Å²) in [6.07, 6.45) is 4.51. The first-order valence-corrected chi connectivity index (χ1v) is 8.31. The van der Waals surface area contributed by atoms with E-state index in [0.29, 0.717) is 0 Å². The summed E-state index contributed by atoms with van der Waals surface area (Å²) in [5, 5.41) is 15.5. The summed E-state index contributed by atoms with van der Waals surface area (Å²) < 4.78 is 29.3. The number of benzene rings is 1. The van der Waals surface area contributed by atoms with E-state index in [4.69, 9.17) is 0 Å². The van der Waals surface area contributed by atoms with Crippen LogP contribution in [0.3, 0.4) is 0 Å². The van der Waals surface area contributed by atoms with Gasteiger partial charge in [-0.15, -0.1) is 0 Å². The number of rotatable bonds is 5. The number of likely N-dealkylation sites (tertiary alicyclic amines) is 1. The minimum Gasteiger partial charge on any atom is -0.381 e. The summed E-state index contributed by atoms with van der Waals surface area (Å²) in [6.45, 7) is 7.35. The van der Waals surface area contributed by atoms with Crippen LogP contribution in [0.4, 0.5) is 8.78 Å². The molecule has 0 radical (unpaired) electrons. The topological polar surface area (TPSA) is 54.2 Å². The van der Waals surface area contributed by atoms with Gasteiger partial charge in [0.2, 0.25) is 0 Å². The predicted octanol–water partition coefficient (Wildman–Crippen LogP) is 2.48. The molecule has 0 amide bonds. The van der Waals surface area contributed by atoms with Crippen molar-refractivity contribution in [2.24, 2.45) is 0 Å². The molecular weight excluding hydrogens is 326 g/mol. The predicted molar refractivity (Wildman–Crippen MR) is 89.7 cm³/mol. The number of hydrogen-bond donors (Lipinski definition) is 1. The molecule has 0 spiro atoms. The number of hydrogen-bond acceptors (Lipinski definition) is 4. The summed E-state index contributed by atoms with van der Waals surface area (Å²) in [5.74, 6) is -1.44. The lowest BCUT2D eigenvalue weighted by Crippen LogP contribution is -2.53. The zero-order valence-corrected chi connectivity index (χ0v) is 14.2. The van der Waals surface area contributed by atoms with Gasteiger partial charge in [-0.3, -0.25) is 4.90 Å². The monoisotopic (exact) mass is 348 g/mol. The zero-order valence-electron chi connectivity index (χ0n) is 14.2. The molecule has 1 aliphatic rings.